The monoisotopic (exact) mass is 359 g/mol. The Morgan fingerprint density at radius 1 is 1.11 bits per heavy atom. The van der Waals surface area contributed by atoms with Gasteiger partial charge in [0.25, 0.3) is 5.91 Å². The third kappa shape index (κ3) is 3.10. The molecule has 0 bridgehead atoms. The lowest BCUT2D eigenvalue weighted by molar-refractivity contribution is -0.119. The Labute approximate surface area is 154 Å². The van der Waals surface area contributed by atoms with Gasteiger partial charge < -0.3 is 16.0 Å². The van der Waals surface area contributed by atoms with Crippen LogP contribution in [0.4, 0.5) is 0 Å². The molecule has 0 aliphatic carbocycles. The Hall–Kier alpha value is -3.74. The van der Waals surface area contributed by atoms with Crippen molar-refractivity contribution >= 4 is 33.6 Å². The fourth-order valence-electron chi connectivity index (χ4n) is 2.90. The molecule has 0 aliphatic rings. The minimum atomic E-state index is -0.770. The molecule has 2 aromatic carbocycles. The summed E-state index contributed by atoms with van der Waals surface area (Å²) in [6.45, 7) is 1.54. The molecule has 0 saturated carbocycles. The van der Waals surface area contributed by atoms with E-state index >= 15 is 0 Å². The van der Waals surface area contributed by atoms with Gasteiger partial charge in [-0.25, -0.2) is 4.98 Å². The molecule has 0 saturated heterocycles. The first kappa shape index (κ1) is 16.7. The van der Waals surface area contributed by atoms with Gasteiger partial charge in [0.05, 0.1) is 11.1 Å². The molecule has 0 spiro atoms. The Morgan fingerprint density at radius 2 is 1.89 bits per heavy atom. The molecule has 7 nitrogen and oxygen atoms in total. The highest BCUT2D eigenvalue weighted by atomic mass is 16.2. The topological polar surface area (TPSA) is 114 Å². The number of H-pyrrole nitrogens is 1. The number of fused-ring (bicyclic) bond motifs is 2. The predicted octanol–water partition coefficient (Wildman–Crippen LogP) is 2.38. The molecule has 27 heavy (non-hydrogen) atoms. The fraction of sp³-hybridized carbons (Fsp3) is 0.100. The van der Waals surface area contributed by atoms with Gasteiger partial charge in [0.2, 0.25) is 5.91 Å². The van der Waals surface area contributed by atoms with Gasteiger partial charge in [-0.1, -0.05) is 30.3 Å². The normalized spacial score (nSPS) is 12.2. The van der Waals surface area contributed by atoms with E-state index in [9.17, 15) is 9.59 Å². The van der Waals surface area contributed by atoms with Crippen molar-refractivity contribution in [2.24, 2.45) is 5.73 Å². The number of imidazole rings is 1. The van der Waals surface area contributed by atoms with Crippen molar-refractivity contribution in [1.29, 1.82) is 0 Å². The lowest BCUT2D eigenvalue weighted by Gasteiger charge is -2.10. The average Bonchev–Trinajstić information content (AvgIpc) is 3.11. The van der Waals surface area contributed by atoms with Crippen molar-refractivity contribution in [2.45, 2.75) is 13.0 Å². The molecule has 0 aliphatic heterocycles. The van der Waals surface area contributed by atoms with Crippen molar-refractivity contribution in [3.63, 3.8) is 0 Å². The molecular weight excluding hydrogens is 342 g/mol. The van der Waals surface area contributed by atoms with E-state index in [-0.39, 0.29) is 0 Å². The van der Waals surface area contributed by atoms with E-state index in [2.05, 4.69) is 20.3 Å². The number of primary amides is 1. The van der Waals surface area contributed by atoms with Crippen LogP contribution < -0.4 is 11.1 Å². The van der Waals surface area contributed by atoms with E-state index in [0.29, 0.717) is 28.1 Å². The number of aromatic nitrogens is 3. The van der Waals surface area contributed by atoms with Crippen molar-refractivity contribution < 1.29 is 9.59 Å². The largest absolute Gasteiger partial charge is 0.368 e. The Kier molecular flexibility index (Phi) is 4.04. The van der Waals surface area contributed by atoms with E-state index < -0.39 is 17.9 Å². The third-order valence-electron chi connectivity index (χ3n) is 4.41. The molecule has 0 fully saturated rings. The highest BCUT2D eigenvalue weighted by Crippen LogP contribution is 2.24. The van der Waals surface area contributed by atoms with Crippen LogP contribution in [0.25, 0.3) is 33.3 Å². The zero-order chi connectivity index (χ0) is 19.0. The summed E-state index contributed by atoms with van der Waals surface area (Å²) < 4.78 is 0. The number of aromatic amines is 1. The minimum absolute atomic E-state index is 0.365. The highest BCUT2D eigenvalue weighted by Gasteiger charge is 2.18. The Balaban J connectivity index is 1.75. The molecule has 1 unspecified atom stereocenters. The standard InChI is InChI=1S/C20H17N5O2/c1-11(18(21)26)23-20(27)14-7-4-8-15-17(14)25-19(24-15)16-9-12-5-2-3-6-13(12)10-22-16/h2-11H,1H3,(H2,21,26)(H,23,27)(H,24,25). The maximum atomic E-state index is 12.5. The summed E-state index contributed by atoms with van der Waals surface area (Å²) in [6, 6.07) is 14.3. The molecule has 0 radical (unpaired) electrons. The van der Waals surface area contributed by atoms with Gasteiger partial charge in [-0.3, -0.25) is 14.6 Å². The second kappa shape index (κ2) is 6.53. The van der Waals surface area contributed by atoms with Gasteiger partial charge in [-0.2, -0.15) is 0 Å². The fourth-order valence-corrected chi connectivity index (χ4v) is 2.90. The average molecular weight is 359 g/mol. The van der Waals surface area contributed by atoms with E-state index in [0.717, 1.165) is 10.8 Å². The van der Waals surface area contributed by atoms with E-state index in [4.69, 9.17) is 5.73 Å². The smallest absolute Gasteiger partial charge is 0.254 e. The molecule has 2 aromatic heterocycles. The molecule has 1 atom stereocenters. The van der Waals surface area contributed by atoms with Gasteiger partial charge in [-0.15, -0.1) is 0 Å². The number of para-hydroxylation sites is 1. The number of nitrogens with two attached hydrogens (primary N) is 1. The second-order valence-corrected chi connectivity index (χ2v) is 6.30. The summed E-state index contributed by atoms with van der Waals surface area (Å²) in [5.74, 6) is -0.436. The van der Waals surface area contributed by atoms with Gasteiger partial charge in [-0.05, 0) is 30.5 Å². The molecule has 4 aromatic rings. The van der Waals surface area contributed by atoms with Crippen LogP contribution in [-0.2, 0) is 4.79 Å². The highest BCUT2D eigenvalue weighted by molar-refractivity contribution is 6.06. The number of nitrogens with one attached hydrogen (secondary N) is 2. The first-order valence-electron chi connectivity index (χ1n) is 8.47. The summed E-state index contributed by atoms with van der Waals surface area (Å²) in [5, 5.41) is 4.67. The number of hydrogen-bond donors (Lipinski definition) is 3. The number of carbonyl (C=O) groups is 2. The SMILES string of the molecule is CC(NC(=O)c1cccc2[nH]c(-c3cc4ccccc4cn3)nc12)C(N)=O. The molecule has 2 heterocycles. The number of rotatable bonds is 4. The van der Waals surface area contributed by atoms with Crippen LogP contribution in [0.15, 0.2) is 54.7 Å². The lowest BCUT2D eigenvalue weighted by atomic mass is 10.1. The third-order valence-corrected chi connectivity index (χ3v) is 4.41. The van der Waals surface area contributed by atoms with E-state index in [1.807, 2.05) is 36.4 Å². The summed E-state index contributed by atoms with van der Waals surface area (Å²) >= 11 is 0. The van der Waals surface area contributed by atoms with Crippen LogP contribution in [-0.4, -0.2) is 32.8 Å². The first-order chi connectivity index (χ1) is 13.0. The summed E-state index contributed by atoms with van der Waals surface area (Å²) in [5.41, 5.74) is 7.48. The predicted molar refractivity (Wildman–Crippen MR) is 103 cm³/mol. The van der Waals surface area contributed by atoms with Crippen LogP contribution in [0.5, 0.6) is 0 Å². The van der Waals surface area contributed by atoms with Crippen LogP contribution in [0, 0.1) is 0 Å². The van der Waals surface area contributed by atoms with Crippen LogP contribution >= 0.6 is 0 Å². The molecular formula is C20H17N5O2. The molecule has 4 rings (SSSR count). The van der Waals surface area contributed by atoms with Gasteiger partial charge in [0.15, 0.2) is 5.82 Å². The van der Waals surface area contributed by atoms with Gasteiger partial charge in [0, 0.05) is 11.6 Å². The van der Waals surface area contributed by atoms with Gasteiger partial charge >= 0.3 is 0 Å². The lowest BCUT2D eigenvalue weighted by Crippen LogP contribution is -2.42. The number of carbonyl (C=O) groups excluding carboxylic acids is 2. The van der Waals surface area contributed by atoms with E-state index in [1.165, 1.54) is 6.92 Å². The van der Waals surface area contributed by atoms with Crippen molar-refractivity contribution in [3.8, 4) is 11.5 Å². The maximum absolute atomic E-state index is 12.5. The van der Waals surface area contributed by atoms with Crippen molar-refractivity contribution in [1.82, 2.24) is 20.3 Å². The Morgan fingerprint density at radius 3 is 2.67 bits per heavy atom. The Bertz CT molecular complexity index is 1180. The molecule has 2 amide bonds. The number of benzene rings is 2. The number of nitrogens with zero attached hydrogens (tertiary/aromatic N) is 2. The molecule has 134 valence electrons. The zero-order valence-electron chi connectivity index (χ0n) is 14.6. The summed E-state index contributed by atoms with van der Waals surface area (Å²) in [4.78, 5) is 35.9. The van der Waals surface area contributed by atoms with E-state index in [1.54, 1.807) is 18.3 Å². The van der Waals surface area contributed by atoms with Crippen molar-refractivity contribution in [2.75, 3.05) is 0 Å². The second-order valence-electron chi connectivity index (χ2n) is 6.30. The molecule has 7 heteroatoms. The zero-order valence-corrected chi connectivity index (χ0v) is 14.6. The molecule has 4 N–H and O–H groups in total. The van der Waals surface area contributed by atoms with Crippen LogP contribution in [0.2, 0.25) is 0 Å². The summed E-state index contributed by atoms with van der Waals surface area (Å²) in [7, 11) is 0. The first-order valence-corrected chi connectivity index (χ1v) is 8.47. The van der Waals surface area contributed by atoms with Gasteiger partial charge in [0.1, 0.15) is 17.3 Å². The number of amides is 2. The minimum Gasteiger partial charge on any atom is -0.368 e. The van der Waals surface area contributed by atoms with Crippen LogP contribution in [0.1, 0.15) is 17.3 Å². The van der Waals surface area contributed by atoms with Crippen LogP contribution in [0.3, 0.4) is 0 Å². The van der Waals surface area contributed by atoms with Crippen molar-refractivity contribution in [3.05, 3.63) is 60.3 Å². The maximum Gasteiger partial charge on any atom is 0.254 e. The summed E-state index contributed by atoms with van der Waals surface area (Å²) in [6.07, 6.45) is 1.79. The number of pyridine rings is 1. The number of hydrogen-bond acceptors (Lipinski definition) is 4. The quantitative estimate of drug-likeness (QED) is 0.519.